The van der Waals surface area contributed by atoms with Gasteiger partial charge in [0.1, 0.15) is 12.4 Å². The Morgan fingerprint density at radius 1 is 1.13 bits per heavy atom. The number of aliphatic hydroxyl groups is 1. The Bertz CT molecular complexity index is 714. The predicted octanol–water partition coefficient (Wildman–Crippen LogP) is 5.23. The molecule has 0 unspecified atom stereocenters. The largest absolute Gasteiger partial charge is 0.461 e. The van der Waals surface area contributed by atoms with E-state index in [1.165, 1.54) is 19.3 Å². The number of ketones is 1. The summed E-state index contributed by atoms with van der Waals surface area (Å²) in [6.07, 6.45) is 14.2. The number of carbonyl (C=O) groups is 2. The van der Waals surface area contributed by atoms with Gasteiger partial charge in [-0.15, -0.1) is 0 Å². The van der Waals surface area contributed by atoms with E-state index in [4.69, 9.17) is 4.74 Å². The van der Waals surface area contributed by atoms with Crippen molar-refractivity contribution < 1.29 is 19.4 Å². The van der Waals surface area contributed by atoms with Crippen LogP contribution < -0.4 is 0 Å². The third-order valence-electron chi connectivity index (χ3n) is 9.89. The number of hydrogen-bond acceptors (Lipinski definition) is 4. The van der Waals surface area contributed by atoms with Crippen LogP contribution in [0.25, 0.3) is 0 Å². The van der Waals surface area contributed by atoms with E-state index < -0.39 is 5.60 Å². The highest BCUT2D eigenvalue weighted by molar-refractivity contribution is 5.79. The highest BCUT2D eigenvalue weighted by atomic mass is 16.5. The number of hydrogen-bond donors (Lipinski definition) is 1. The molecule has 0 aromatic heterocycles. The molecular formula is C26H40O4. The van der Waals surface area contributed by atoms with Crippen LogP contribution in [0.2, 0.25) is 0 Å². The van der Waals surface area contributed by atoms with Crippen LogP contribution in [0.5, 0.6) is 0 Å². The van der Waals surface area contributed by atoms with Gasteiger partial charge < -0.3 is 9.84 Å². The van der Waals surface area contributed by atoms with Crippen molar-refractivity contribution in [3.63, 3.8) is 0 Å². The highest BCUT2D eigenvalue weighted by Crippen LogP contribution is 2.68. The molecule has 7 atom stereocenters. The Balaban J connectivity index is 1.47. The van der Waals surface area contributed by atoms with Gasteiger partial charge in [-0.3, -0.25) is 9.59 Å². The first-order valence-corrected chi connectivity index (χ1v) is 12.3. The average molecular weight is 417 g/mol. The average Bonchev–Trinajstić information content (AvgIpc) is 2.97. The molecule has 4 aliphatic carbocycles. The van der Waals surface area contributed by atoms with E-state index >= 15 is 0 Å². The fraction of sp³-hybridized carbons (Fsp3) is 0.846. The van der Waals surface area contributed by atoms with Crippen molar-refractivity contribution in [3.8, 4) is 0 Å². The zero-order chi connectivity index (χ0) is 21.6. The molecule has 168 valence electrons. The maximum absolute atomic E-state index is 12.1. The van der Waals surface area contributed by atoms with Crippen molar-refractivity contribution in [2.45, 2.75) is 97.0 Å². The van der Waals surface area contributed by atoms with Crippen LogP contribution in [0.1, 0.15) is 91.4 Å². The van der Waals surface area contributed by atoms with E-state index in [0.717, 1.165) is 44.9 Å². The molecule has 0 amide bonds. The van der Waals surface area contributed by atoms with Gasteiger partial charge in [0.15, 0.2) is 0 Å². The van der Waals surface area contributed by atoms with Crippen LogP contribution in [0, 0.1) is 34.5 Å². The zero-order valence-electron chi connectivity index (χ0n) is 19.1. The molecule has 0 aromatic rings. The molecule has 30 heavy (non-hydrogen) atoms. The molecule has 0 saturated heterocycles. The van der Waals surface area contributed by atoms with Crippen LogP contribution >= 0.6 is 0 Å². The molecule has 4 rings (SSSR count). The molecule has 0 spiro atoms. The van der Waals surface area contributed by atoms with E-state index in [-0.39, 0.29) is 18.0 Å². The minimum absolute atomic E-state index is 0.105. The van der Waals surface area contributed by atoms with Crippen LogP contribution in [0.4, 0.5) is 0 Å². The summed E-state index contributed by atoms with van der Waals surface area (Å²) >= 11 is 0. The van der Waals surface area contributed by atoms with Gasteiger partial charge in [-0.2, -0.15) is 0 Å². The molecule has 0 heterocycles. The lowest BCUT2D eigenvalue weighted by Gasteiger charge is -2.60. The SMILES string of the molecule is CCCC(=O)OCC=C[C@]1(O)CC[C@H]2[C@@H]3CC[C@H]4CC(=O)CC[C@]4(C)[C@H]3CC[C@@]21C. The first-order chi connectivity index (χ1) is 14.2. The number of carbonyl (C=O) groups excluding carboxylic acids is 2. The Labute approximate surface area is 181 Å². The van der Waals surface area contributed by atoms with Gasteiger partial charge in [0.25, 0.3) is 0 Å². The van der Waals surface area contributed by atoms with E-state index in [2.05, 4.69) is 13.8 Å². The first kappa shape index (κ1) is 22.0. The topological polar surface area (TPSA) is 63.6 Å². The summed E-state index contributed by atoms with van der Waals surface area (Å²) in [4.78, 5) is 23.7. The molecule has 4 fully saturated rings. The van der Waals surface area contributed by atoms with E-state index in [0.29, 0.717) is 41.3 Å². The Kier molecular flexibility index (Phi) is 5.93. The maximum atomic E-state index is 12.1. The van der Waals surface area contributed by atoms with Gasteiger partial charge in [0.05, 0.1) is 5.60 Å². The summed E-state index contributed by atoms with van der Waals surface area (Å²) < 4.78 is 5.26. The fourth-order valence-corrected chi connectivity index (χ4v) is 8.03. The van der Waals surface area contributed by atoms with Gasteiger partial charge in [0.2, 0.25) is 0 Å². The van der Waals surface area contributed by atoms with Crippen LogP contribution in [0.3, 0.4) is 0 Å². The second-order valence-electron chi connectivity index (χ2n) is 11.2. The molecular weight excluding hydrogens is 376 g/mol. The Hall–Kier alpha value is -1.16. The second-order valence-corrected chi connectivity index (χ2v) is 11.2. The van der Waals surface area contributed by atoms with Crippen LogP contribution in [0.15, 0.2) is 12.2 Å². The first-order valence-electron chi connectivity index (χ1n) is 12.3. The lowest BCUT2D eigenvalue weighted by atomic mass is 9.44. The molecule has 4 heteroatoms. The lowest BCUT2D eigenvalue weighted by Crippen LogP contribution is -2.56. The van der Waals surface area contributed by atoms with Crippen molar-refractivity contribution in [2.24, 2.45) is 34.5 Å². The van der Waals surface area contributed by atoms with Crippen molar-refractivity contribution >= 4 is 11.8 Å². The minimum Gasteiger partial charge on any atom is -0.461 e. The summed E-state index contributed by atoms with van der Waals surface area (Å²) in [6.45, 7) is 6.99. The molecule has 4 nitrogen and oxygen atoms in total. The number of Topliss-reactive ketones (excluding diaryl/α,β-unsaturated/α-hetero) is 1. The van der Waals surface area contributed by atoms with Gasteiger partial charge in [-0.1, -0.05) is 26.8 Å². The molecule has 0 bridgehead atoms. The summed E-state index contributed by atoms with van der Waals surface area (Å²) in [5.41, 5.74) is -0.603. The predicted molar refractivity (Wildman–Crippen MR) is 117 cm³/mol. The zero-order valence-corrected chi connectivity index (χ0v) is 19.1. The van der Waals surface area contributed by atoms with Crippen molar-refractivity contribution in [3.05, 3.63) is 12.2 Å². The van der Waals surface area contributed by atoms with Crippen molar-refractivity contribution in [1.82, 2.24) is 0 Å². The summed E-state index contributed by atoms with van der Waals surface area (Å²) in [5, 5.41) is 11.7. The molecule has 4 saturated carbocycles. The van der Waals surface area contributed by atoms with Crippen LogP contribution in [-0.4, -0.2) is 29.1 Å². The third kappa shape index (κ3) is 3.47. The highest BCUT2D eigenvalue weighted by Gasteiger charge is 2.63. The Morgan fingerprint density at radius 3 is 2.67 bits per heavy atom. The molecule has 0 radical (unpaired) electrons. The number of fused-ring (bicyclic) bond motifs is 5. The van der Waals surface area contributed by atoms with E-state index in [1.807, 2.05) is 19.1 Å². The van der Waals surface area contributed by atoms with Crippen molar-refractivity contribution in [2.75, 3.05) is 6.61 Å². The molecule has 1 N–H and O–H groups in total. The van der Waals surface area contributed by atoms with E-state index in [9.17, 15) is 14.7 Å². The molecule has 0 aromatic carbocycles. The maximum Gasteiger partial charge on any atom is 0.306 e. The summed E-state index contributed by atoms with van der Waals surface area (Å²) in [7, 11) is 0. The Morgan fingerprint density at radius 2 is 1.90 bits per heavy atom. The minimum atomic E-state index is -0.805. The van der Waals surface area contributed by atoms with E-state index in [1.54, 1.807) is 0 Å². The van der Waals surface area contributed by atoms with Crippen molar-refractivity contribution in [1.29, 1.82) is 0 Å². The van der Waals surface area contributed by atoms with Gasteiger partial charge in [-0.25, -0.2) is 0 Å². The van der Waals surface area contributed by atoms with Crippen LogP contribution in [-0.2, 0) is 14.3 Å². The summed E-state index contributed by atoms with van der Waals surface area (Å²) in [5.74, 6) is 2.79. The normalized spacial score (nSPS) is 45.7. The lowest BCUT2D eigenvalue weighted by molar-refractivity contribution is -0.148. The third-order valence-corrected chi connectivity index (χ3v) is 9.89. The standard InChI is InChI=1S/C26H40O4/c1-4-6-23(28)30-16-5-12-26(29)15-11-22-20-8-7-18-17-19(27)9-13-24(18,2)21(20)10-14-25(22,26)3/h5,12,18,20-22,29H,4,6-11,13-17H2,1-3H3/t18-,20+,21-,22-,24-,25-,26-/m0/s1. The van der Waals surface area contributed by atoms with Gasteiger partial charge in [-0.05, 0) is 86.5 Å². The quantitative estimate of drug-likeness (QED) is 0.492. The number of rotatable bonds is 5. The number of esters is 1. The monoisotopic (exact) mass is 416 g/mol. The smallest absolute Gasteiger partial charge is 0.306 e. The summed E-state index contributed by atoms with van der Waals surface area (Å²) in [6, 6.07) is 0. The number of ether oxygens (including phenoxy) is 1. The fourth-order valence-electron chi connectivity index (χ4n) is 8.03. The van der Waals surface area contributed by atoms with Gasteiger partial charge in [0, 0.05) is 24.7 Å². The molecule has 0 aliphatic heterocycles. The van der Waals surface area contributed by atoms with Gasteiger partial charge >= 0.3 is 5.97 Å². The molecule has 4 aliphatic rings. The second kappa shape index (κ2) is 8.07.